The number of unbranched alkanes of at least 4 members (excludes halogenated alkanes) is 2. The summed E-state index contributed by atoms with van der Waals surface area (Å²) >= 11 is 0. The first-order valence-corrected chi connectivity index (χ1v) is 4.97. The lowest BCUT2D eigenvalue weighted by Gasteiger charge is -2.09. The number of nitrogens with one attached hydrogen (secondary N) is 1. The van der Waals surface area contributed by atoms with Gasteiger partial charge in [-0.3, -0.25) is 9.89 Å². The lowest BCUT2D eigenvalue weighted by Crippen LogP contribution is -2.12. The fourth-order valence-corrected chi connectivity index (χ4v) is 1.47. The van der Waals surface area contributed by atoms with Crippen LogP contribution in [0.3, 0.4) is 0 Å². The Hall–Kier alpha value is -1.32. The first-order valence-electron chi connectivity index (χ1n) is 4.97. The van der Waals surface area contributed by atoms with Crippen LogP contribution in [0.25, 0.3) is 0 Å². The van der Waals surface area contributed by atoms with Crippen LogP contribution in [-0.4, -0.2) is 21.3 Å². The molecule has 0 spiro atoms. The van der Waals surface area contributed by atoms with Crippen molar-refractivity contribution >= 4 is 5.97 Å². The molecule has 0 aromatic carbocycles. The molecule has 1 aromatic rings. The van der Waals surface area contributed by atoms with E-state index in [2.05, 4.69) is 17.1 Å². The summed E-state index contributed by atoms with van der Waals surface area (Å²) in [4.78, 5) is 10.9. The summed E-state index contributed by atoms with van der Waals surface area (Å²) < 4.78 is 0. The summed E-state index contributed by atoms with van der Waals surface area (Å²) in [7, 11) is 0. The summed E-state index contributed by atoms with van der Waals surface area (Å²) in [5.74, 6) is -1.20. The Bertz CT molecular complexity index is 270. The Morgan fingerprint density at radius 2 is 2.43 bits per heavy atom. The van der Waals surface area contributed by atoms with Crippen molar-refractivity contribution in [2.24, 2.45) is 0 Å². The third-order valence-corrected chi connectivity index (χ3v) is 2.29. The average Bonchev–Trinajstić information content (AvgIpc) is 2.64. The molecule has 1 aromatic heterocycles. The molecule has 2 N–H and O–H groups in total. The molecule has 0 fully saturated rings. The molecular weight excluding hydrogens is 180 g/mol. The van der Waals surface area contributed by atoms with Gasteiger partial charge >= 0.3 is 5.97 Å². The van der Waals surface area contributed by atoms with Gasteiger partial charge in [-0.2, -0.15) is 5.10 Å². The van der Waals surface area contributed by atoms with Crippen LogP contribution in [0.5, 0.6) is 0 Å². The van der Waals surface area contributed by atoms with E-state index >= 15 is 0 Å². The quantitative estimate of drug-likeness (QED) is 0.685. The Kier molecular flexibility index (Phi) is 4.16. The highest BCUT2D eigenvalue weighted by molar-refractivity contribution is 5.75. The van der Waals surface area contributed by atoms with Crippen molar-refractivity contribution in [3.05, 3.63) is 18.0 Å². The van der Waals surface area contributed by atoms with E-state index in [-0.39, 0.29) is 0 Å². The van der Waals surface area contributed by atoms with Crippen LogP contribution in [0.15, 0.2) is 12.3 Å². The molecule has 1 rings (SSSR count). The number of H-pyrrole nitrogens is 1. The van der Waals surface area contributed by atoms with Crippen LogP contribution < -0.4 is 0 Å². The largest absolute Gasteiger partial charge is 0.481 e. The fraction of sp³-hybridized carbons (Fsp3) is 0.600. The molecule has 1 heterocycles. The number of nitrogens with zero attached hydrogens (tertiary/aromatic N) is 1. The Morgan fingerprint density at radius 3 is 2.93 bits per heavy atom. The number of carboxylic acid groups (broad SMARTS) is 1. The number of aromatic amines is 1. The number of carboxylic acids is 1. The maximum atomic E-state index is 10.9. The van der Waals surface area contributed by atoms with Crippen LogP contribution in [0.2, 0.25) is 0 Å². The van der Waals surface area contributed by atoms with E-state index in [1.807, 2.05) is 0 Å². The van der Waals surface area contributed by atoms with Gasteiger partial charge in [-0.25, -0.2) is 0 Å². The summed E-state index contributed by atoms with van der Waals surface area (Å²) in [6, 6.07) is 1.73. The van der Waals surface area contributed by atoms with Crippen molar-refractivity contribution in [3.8, 4) is 0 Å². The number of carbonyl (C=O) groups is 1. The van der Waals surface area contributed by atoms with Crippen LogP contribution in [0.4, 0.5) is 0 Å². The maximum Gasteiger partial charge on any atom is 0.312 e. The molecule has 0 amide bonds. The maximum absolute atomic E-state index is 10.9. The van der Waals surface area contributed by atoms with Gasteiger partial charge in [0.25, 0.3) is 0 Å². The smallest absolute Gasteiger partial charge is 0.312 e. The van der Waals surface area contributed by atoms with Crippen molar-refractivity contribution < 1.29 is 9.90 Å². The number of aromatic nitrogens is 2. The molecule has 4 nitrogen and oxygen atoms in total. The lowest BCUT2D eigenvalue weighted by atomic mass is 9.98. The van der Waals surface area contributed by atoms with E-state index in [1.54, 1.807) is 12.3 Å². The van der Waals surface area contributed by atoms with Gasteiger partial charge in [0.15, 0.2) is 0 Å². The molecule has 0 aliphatic heterocycles. The first kappa shape index (κ1) is 10.8. The third-order valence-electron chi connectivity index (χ3n) is 2.29. The molecule has 0 saturated carbocycles. The monoisotopic (exact) mass is 196 g/mol. The number of hydrogen-bond acceptors (Lipinski definition) is 2. The second-order valence-corrected chi connectivity index (χ2v) is 3.40. The van der Waals surface area contributed by atoms with E-state index in [9.17, 15) is 4.79 Å². The van der Waals surface area contributed by atoms with Crippen molar-refractivity contribution in [1.82, 2.24) is 10.2 Å². The zero-order valence-electron chi connectivity index (χ0n) is 8.36. The molecule has 4 heteroatoms. The minimum absolute atomic E-state index is 0.427. The Labute approximate surface area is 83.3 Å². The van der Waals surface area contributed by atoms with Crippen LogP contribution in [0, 0.1) is 0 Å². The topological polar surface area (TPSA) is 66.0 Å². The molecule has 0 radical (unpaired) electrons. The first-order chi connectivity index (χ1) is 6.75. The predicted octanol–water partition coefficient (Wildman–Crippen LogP) is 2.16. The van der Waals surface area contributed by atoms with Crippen LogP contribution in [0.1, 0.15) is 44.2 Å². The molecule has 1 unspecified atom stereocenters. The second-order valence-electron chi connectivity index (χ2n) is 3.40. The number of rotatable bonds is 6. The van der Waals surface area contributed by atoms with E-state index in [1.165, 1.54) is 0 Å². The van der Waals surface area contributed by atoms with Gasteiger partial charge in [0, 0.05) is 11.9 Å². The van der Waals surface area contributed by atoms with Crippen LogP contribution in [-0.2, 0) is 4.79 Å². The summed E-state index contributed by atoms with van der Waals surface area (Å²) in [5, 5.41) is 15.5. The van der Waals surface area contributed by atoms with Crippen molar-refractivity contribution in [2.45, 2.75) is 38.5 Å². The van der Waals surface area contributed by atoms with E-state index in [4.69, 9.17) is 5.11 Å². The van der Waals surface area contributed by atoms with Gasteiger partial charge in [-0.1, -0.05) is 26.2 Å². The summed E-state index contributed by atoms with van der Waals surface area (Å²) in [6.07, 6.45) is 5.41. The van der Waals surface area contributed by atoms with Gasteiger partial charge in [-0.15, -0.1) is 0 Å². The van der Waals surface area contributed by atoms with E-state index < -0.39 is 11.9 Å². The molecule has 0 saturated heterocycles. The normalized spacial score (nSPS) is 12.6. The zero-order valence-corrected chi connectivity index (χ0v) is 8.36. The lowest BCUT2D eigenvalue weighted by molar-refractivity contribution is -0.139. The average molecular weight is 196 g/mol. The Balaban J connectivity index is 2.52. The highest BCUT2D eigenvalue weighted by Gasteiger charge is 2.20. The molecule has 0 aliphatic carbocycles. The van der Waals surface area contributed by atoms with Crippen molar-refractivity contribution in [3.63, 3.8) is 0 Å². The van der Waals surface area contributed by atoms with Gasteiger partial charge in [0.2, 0.25) is 0 Å². The second kappa shape index (κ2) is 5.42. The van der Waals surface area contributed by atoms with E-state index in [0.717, 1.165) is 19.3 Å². The van der Waals surface area contributed by atoms with Gasteiger partial charge in [0.05, 0.1) is 5.92 Å². The number of aliphatic carboxylic acids is 1. The van der Waals surface area contributed by atoms with E-state index in [0.29, 0.717) is 12.1 Å². The van der Waals surface area contributed by atoms with Crippen molar-refractivity contribution in [1.29, 1.82) is 0 Å². The highest BCUT2D eigenvalue weighted by atomic mass is 16.4. The van der Waals surface area contributed by atoms with Gasteiger partial charge < -0.3 is 5.11 Å². The molecule has 0 aliphatic rings. The minimum Gasteiger partial charge on any atom is -0.481 e. The van der Waals surface area contributed by atoms with Crippen LogP contribution >= 0.6 is 0 Å². The van der Waals surface area contributed by atoms with Crippen molar-refractivity contribution in [2.75, 3.05) is 0 Å². The molecule has 78 valence electrons. The van der Waals surface area contributed by atoms with Gasteiger partial charge in [-0.05, 0) is 12.5 Å². The predicted molar refractivity (Wildman–Crippen MR) is 53.1 cm³/mol. The number of hydrogen-bond donors (Lipinski definition) is 2. The minimum atomic E-state index is -0.773. The zero-order chi connectivity index (χ0) is 10.4. The Morgan fingerprint density at radius 1 is 1.64 bits per heavy atom. The molecule has 1 atom stereocenters. The summed E-state index contributed by atoms with van der Waals surface area (Å²) in [5.41, 5.74) is 0.702. The molecule has 14 heavy (non-hydrogen) atoms. The SMILES string of the molecule is CCCCCC(C(=O)O)c1ccn[nH]1. The molecule has 0 bridgehead atoms. The summed E-state index contributed by atoms with van der Waals surface area (Å²) in [6.45, 7) is 2.10. The highest BCUT2D eigenvalue weighted by Crippen LogP contribution is 2.20. The molecular formula is C10H16N2O2. The van der Waals surface area contributed by atoms with Gasteiger partial charge in [0.1, 0.15) is 0 Å². The fourth-order valence-electron chi connectivity index (χ4n) is 1.47. The third kappa shape index (κ3) is 2.87. The standard InChI is InChI=1S/C10H16N2O2/c1-2-3-4-5-8(10(13)14)9-6-7-11-12-9/h6-8H,2-5H2,1H3,(H,11,12)(H,13,14).